The van der Waals surface area contributed by atoms with Crippen LogP contribution >= 0.6 is 0 Å². The third-order valence-corrected chi connectivity index (χ3v) is 6.77. The van der Waals surface area contributed by atoms with E-state index in [0.29, 0.717) is 31.3 Å². The van der Waals surface area contributed by atoms with E-state index in [9.17, 15) is 9.59 Å². The zero-order valence-corrected chi connectivity index (χ0v) is 18.0. The number of piperidine rings is 1. The lowest BCUT2D eigenvalue weighted by Crippen LogP contribution is -2.54. The van der Waals surface area contributed by atoms with Crippen molar-refractivity contribution in [2.45, 2.75) is 57.5 Å². The number of likely N-dealkylation sites (tertiary alicyclic amines) is 1. The standard InChI is InChI=1S/C25H33N3O2/c1-17(2)11-12-23-20-14-19(22-9-6-10-24(29)28(22)23)15-27(16-20)25(30)21(26)13-18-7-4-3-5-8-18/h3-10,17,19-21,23H,11-16,26H2,1-2H3/t19-,20+,21-,23+/m1/s1. The number of hydrogen-bond donors (Lipinski definition) is 1. The third kappa shape index (κ3) is 4.22. The molecule has 2 N–H and O–H groups in total. The Morgan fingerprint density at radius 2 is 1.87 bits per heavy atom. The molecule has 30 heavy (non-hydrogen) atoms. The topological polar surface area (TPSA) is 68.3 Å². The van der Waals surface area contributed by atoms with Gasteiger partial charge in [0.25, 0.3) is 5.56 Å². The van der Waals surface area contributed by atoms with Crippen molar-refractivity contribution >= 4 is 5.91 Å². The van der Waals surface area contributed by atoms with Crippen LogP contribution in [0.25, 0.3) is 0 Å². The predicted octanol–water partition coefficient (Wildman–Crippen LogP) is 3.34. The maximum Gasteiger partial charge on any atom is 0.250 e. The highest BCUT2D eigenvalue weighted by molar-refractivity contribution is 5.82. The van der Waals surface area contributed by atoms with Gasteiger partial charge >= 0.3 is 0 Å². The van der Waals surface area contributed by atoms with Crippen LogP contribution in [0.5, 0.6) is 0 Å². The summed E-state index contributed by atoms with van der Waals surface area (Å²) in [5.74, 6) is 1.14. The van der Waals surface area contributed by atoms with Gasteiger partial charge in [0.05, 0.1) is 6.04 Å². The Bertz CT molecular complexity index is 937. The molecule has 5 heteroatoms. The second-order valence-corrected chi connectivity index (χ2v) is 9.43. The predicted molar refractivity (Wildman–Crippen MR) is 119 cm³/mol. The number of nitrogens with two attached hydrogens (primary N) is 1. The summed E-state index contributed by atoms with van der Waals surface area (Å²) < 4.78 is 2.03. The minimum absolute atomic E-state index is 0.0305. The fourth-order valence-electron chi connectivity index (χ4n) is 5.29. The van der Waals surface area contributed by atoms with Crippen LogP contribution in [-0.2, 0) is 11.2 Å². The van der Waals surface area contributed by atoms with Crippen molar-refractivity contribution in [1.82, 2.24) is 9.47 Å². The SMILES string of the molecule is CC(C)CC[C@H]1[C@H]2C[C@H](CN(C(=O)[C@H](N)Cc3ccccc3)C2)c2cccc(=O)n21. The van der Waals surface area contributed by atoms with Crippen LogP contribution in [0.2, 0.25) is 0 Å². The van der Waals surface area contributed by atoms with E-state index in [1.54, 1.807) is 6.07 Å². The molecule has 1 amide bonds. The monoisotopic (exact) mass is 407 g/mol. The Balaban J connectivity index is 1.56. The van der Waals surface area contributed by atoms with E-state index in [2.05, 4.69) is 19.9 Å². The van der Waals surface area contributed by atoms with Gasteiger partial charge in [-0.3, -0.25) is 9.59 Å². The number of rotatable bonds is 6. The van der Waals surface area contributed by atoms with Gasteiger partial charge in [-0.05, 0) is 49.1 Å². The number of aromatic nitrogens is 1. The van der Waals surface area contributed by atoms with Gasteiger partial charge in [0.2, 0.25) is 5.91 Å². The fourth-order valence-corrected chi connectivity index (χ4v) is 5.29. The van der Waals surface area contributed by atoms with Gasteiger partial charge in [0.1, 0.15) is 0 Å². The summed E-state index contributed by atoms with van der Waals surface area (Å²) >= 11 is 0. The van der Waals surface area contributed by atoms with Crippen LogP contribution in [0.1, 0.15) is 56.3 Å². The third-order valence-electron chi connectivity index (χ3n) is 6.77. The lowest BCUT2D eigenvalue weighted by atomic mass is 9.76. The van der Waals surface area contributed by atoms with Gasteiger partial charge in [0, 0.05) is 36.8 Å². The highest BCUT2D eigenvalue weighted by atomic mass is 16.2. The Labute approximate surface area is 178 Å². The Kier molecular flexibility index (Phi) is 6.09. The minimum Gasteiger partial charge on any atom is -0.340 e. The van der Waals surface area contributed by atoms with Crippen molar-refractivity contribution in [2.24, 2.45) is 17.6 Å². The van der Waals surface area contributed by atoms with Crippen molar-refractivity contribution in [1.29, 1.82) is 0 Å². The molecule has 3 heterocycles. The number of amides is 1. The van der Waals surface area contributed by atoms with E-state index in [4.69, 9.17) is 5.73 Å². The van der Waals surface area contributed by atoms with E-state index >= 15 is 0 Å². The van der Waals surface area contributed by atoms with E-state index < -0.39 is 6.04 Å². The summed E-state index contributed by atoms with van der Waals surface area (Å²) in [6, 6.07) is 15.2. The second-order valence-electron chi connectivity index (χ2n) is 9.43. The first kappa shape index (κ1) is 20.9. The van der Waals surface area contributed by atoms with Gasteiger partial charge in [0.15, 0.2) is 0 Å². The highest BCUT2D eigenvalue weighted by Crippen LogP contribution is 2.43. The van der Waals surface area contributed by atoms with Crippen molar-refractivity contribution in [2.75, 3.05) is 13.1 Å². The molecule has 2 bridgehead atoms. The van der Waals surface area contributed by atoms with Gasteiger partial charge in [-0.25, -0.2) is 0 Å². The minimum atomic E-state index is -0.529. The molecule has 2 aliphatic rings. The lowest BCUT2D eigenvalue weighted by molar-refractivity contribution is -0.135. The summed E-state index contributed by atoms with van der Waals surface area (Å²) in [7, 11) is 0. The van der Waals surface area contributed by atoms with Crippen LogP contribution in [-0.4, -0.2) is 34.5 Å². The van der Waals surface area contributed by atoms with E-state index in [1.807, 2.05) is 45.9 Å². The molecular weight excluding hydrogens is 374 g/mol. The summed E-state index contributed by atoms with van der Waals surface area (Å²) in [5.41, 5.74) is 8.60. The van der Waals surface area contributed by atoms with Gasteiger partial charge in [-0.1, -0.05) is 50.2 Å². The molecule has 160 valence electrons. The molecule has 4 atom stereocenters. The zero-order chi connectivity index (χ0) is 21.3. The number of nitrogens with zero attached hydrogens (tertiary/aromatic N) is 2. The molecule has 0 radical (unpaired) electrons. The molecule has 0 spiro atoms. The Morgan fingerprint density at radius 3 is 2.60 bits per heavy atom. The molecule has 1 aromatic carbocycles. The summed E-state index contributed by atoms with van der Waals surface area (Å²) in [6.07, 6.45) is 3.65. The second kappa shape index (κ2) is 8.76. The molecule has 5 nitrogen and oxygen atoms in total. The summed E-state index contributed by atoms with van der Waals surface area (Å²) in [4.78, 5) is 27.9. The number of hydrogen-bond acceptors (Lipinski definition) is 3. The fraction of sp³-hybridized carbons (Fsp3) is 0.520. The molecule has 0 unspecified atom stereocenters. The molecule has 1 fully saturated rings. The number of benzene rings is 1. The van der Waals surface area contributed by atoms with E-state index in [1.165, 1.54) is 0 Å². The molecular formula is C25H33N3O2. The molecule has 2 aliphatic heterocycles. The van der Waals surface area contributed by atoms with Crippen LogP contribution in [0.4, 0.5) is 0 Å². The van der Waals surface area contributed by atoms with Gasteiger partial charge in [-0.15, -0.1) is 0 Å². The van der Waals surface area contributed by atoms with Crippen LogP contribution in [0, 0.1) is 11.8 Å². The number of carbonyl (C=O) groups excluding carboxylic acids is 1. The summed E-state index contributed by atoms with van der Waals surface area (Å²) in [6.45, 7) is 5.79. The largest absolute Gasteiger partial charge is 0.340 e. The molecule has 4 rings (SSSR count). The van der Waals surface area contributed by atoms with Crippen molar-refractivity contribution in [3.63, 3.8) is 0 Å². The Hall–Kier alpha value is -2.40. The normalized spacial score (nSPS) is 23.9. The number of carbonyl (C=O) groups is 1. The van der Waals surface area contributed by atoms with Crippen LogP contribution in [0.3, 0.4) is 0 Å². The quantitative estimate of drug-likeness (QED) is 0.799. The van der Waals surface area contributed by atoms with Crippen molar-refractivity contribution in [3.05, 3.63) is 70.1 Å². The first-order chi connectivity index (χ1) is 14.4. The molecule has 2 aromatic rings. The number of pyridine rings is 1. The van der Waals surface area contributed by atoms with Crippen molar-refractivity contribution < 1.29 is 4.79 Å². The first-order valence-electron chi connectivity index (χ1n) is 11.2. The smallest absolute Gasteiger partial charge is 0.250 e. The average molecular weight is 408 g/mol. The maximum absolute atomic E-state index is 13.2. The average Bonchev–Trinajstić information content (AvgIpc) is 2.74. The van der Waals surface area contributed by atoms with E-state index in [-0.39, 0.29) is 23.4 Å². The molecule has 0 saturated carbocycles. The first-order valence-corrected chi connectivity index (χ1v) is 11.2. The van der Waals surface area contributed by atoms with Gasteiger partial charge < -0.3 is 15.2 Å². The zero-order valence-electron chi connectivity index (χ0n) is 18.0. The van der Waals surface area contributed by atoms with Crippen LogP contribution < -0.4 is 11.3 Å². The van der Waals surface area contributed by atoms with Crippen molar-refractivity contribution in [3.8, 4) is 0 Å². The highest BCUT2D eigenvalue weighted by Gasteiger charge is 2.42. The lowest BCUT2D eigenvalue weighted by Gasteiger charge is -2.47. The van der Waals surface area contributed by atoms with E-state index in [0.717, 1.165) is 30.5 Å². The molecule has 1 aromatic heterocycles. The molecule has 0 aliphatic carbocycles. The van der Waals surface area contributed by atoms with Gasteiger partial charge in [-0.2, -0.15) is 0 Å². The number of fused-ring (bicyclic) bond motifs is 4. The van der Waals surface area contributed by atoms with Crippen LogP contribution in [0.15, 0.2) is 53.3 Å². The molecule has 1 saturated heterocycles. The Morgan fingerprint density at radius 1 is 1.10 bits per heavy atom. The summed E-state index contributed by atoms with van der Waals surface area (Å²) in [5, 5.41) is 0. The maximum atomic E-state index is 13.2.